The number of ether oxygens (including phenoxy) is 1. The molecule has 5 rings (SSSR count). The number of fused-ring (bicyclic) bond motifs is 3. The smallest absolute Gasteiger partial charge is 0.481 e. The lowest BCUT2D eigenvalue weighted by Gasteiger charge is -2.40. The van der Waals surface area contributed by atoms with Crippen molar-refractivity contribution in [1.29, 1.82) is 5.26 Å². The molecule has 3 aromatic rings. The Kier molecular flexibility index (Phi) is 5.87. The number of aliphatic hydroxyl groups excluding tert-OH is 1. The molecule has 0 radical (unpaired) electrons. The summed E-state index contributed by atoms with van der Waals surface area (Å²) in [5.74, 6) is -5.79. The summed E-state index contributed by atoms with van der Waals surface area (Å²) >= 11 is 0. The number of carboxylic acid groups (broad SMARTS) is 1. The van der Waals surface area contributed by atoms with Crippen molar-refractivity contribution < 1.29 is 50.6 Å². The summed E-state index contributed by atoms with van der Waals surface area (Å²) in [6.07, 6.45) is -1.48. The zero-order chi connectivity index (χ0) is 28.4. The third-order valence-corrected chi connectivity index (χ3v) is 7.95. The van der Waals surface area contributed by atoms with E-state index in [-0.39, 0.29) is 11.1 Å². The van der Waals surface area contributed by atoms with Crippen LogP contribution < -0.4 is 8.92 Å². The van der Waals surface area contributed by atoms with E-state index in [4.69, 9.17) is 4.74 Å². The van der Waals surface area contributed by atoms with Gasteiger partial charge in [-0.25, -0.2) is 0 Å². The van der Waals surface area contributed by atoms with Crippen LogP contribution in [0.2, 0.25) is 0 Å². The normalized spacial score (nSPS) is 27.6. The summed E-state index contributed by atoms with van der Waals surface area (Å²) in [4.78, 5) is 16.4. The van der Waals surface area contributed by atoms with Crippen LogP contribution >= 0.6 is 0 Å². The SMILES string of the molecule is N#Cc1ccc([C@@]23Oc4cc(OS(=O)(=O)C(F)(F)F)cnc4C2(O)[C@H](O)[C@H](C(=O)O)[C@H]3c2ccccc2)cc1. The first-order chi connectivity index (χ1) is 18.3. The Hall–Kier alpha value is -4.19. The molecule has 0 spiro atoms. The Bertz CT molecular complexity index is 1610. The van der Waals surface area contributed by atoms with Crippen molar-refractivity contribution in [3.05, 3.63) is 89.2 Å². The van der Waals surface area contributed by atoms with Crippen LogP contribution in [-0.4, -0.2) is 46.3 Å². The maximum Gasteiger partial charge on any atom is 0.534 e. The second-order valence-electron chi connectivity index (χ2n) is 8.99. The van der Waals surface area contributed by atoms with Gasteiger partial charge in [-0.15, -0.1) is 0 Å². The minimum Gasteiger partial charge on any atom is -0.481 e. The number of alkyl halides is 3. The summed E-state index contributed by atoms with van der Waals surface area (Å²) in [7, 11) is -6.08. The number of hydrogen-bond acceptors (Lipinski definition) is 9. The highest BCUT2D eigenvalue weighted by Crippen LogP contribution is 2.68. The van der Waals surface area contributed by atoms with Crippen molar-refractivity contribution in [3.8, 4) is 17.6 Å². The molecule has 39 heavy (non-hydrogen) atoms. The molecule has 14 heteroatoms. The first-order valence-corrected chi connectivity index (χ1v) is 12.6. The van der Waals surface area contributed by atoms with Crippen LogP contribution in [0.1, 0.15) is 28.3 Å². The fourth-order valence-electron chi connectivity index (χ4n) is 5.42. The Morgan fingerprint density at radius 2 is 1.77 bits per heavy atom. The van der Waals surface area contributed by atoms with Crippen molar-refractivity contribution in [2.45, 2.75) is 28.7 Å². The molecule has 1 fully saturated rings. The first kappa shape index (κ1) is 26.4. The van der Waals surface area contributed by atoms with E-state index in [1.807, 2.05) is 6.07 Å². The summed E-state index contributed by atoms with van der Waals surface area (Å²) in [6, 6.07) is 16.1. The third kappa shape index (κ3) is 3.65. The third-order valence-electron chi connectivity index (χ3n) is 6.97. The van der Waals surface area contributed by atoms with Gasteiger partial charge < -0.3 is 24.2 Å². The van der Waals surface area contributed by atoms with Gasteiger partial charge in [0.05, 0.1) is 23.7 Å². The van der Waals surface area contributed by atoms with Gasteiger partial charge in [0.1, 0.15) is 17.5 Å². The van der Waals surface area contributed by atoms with Crippen molar-refractivity contribution in [2.24, 2.45) is 5.92 Å². The number of carbonyl (C=O) groups is 1. The van der Waals surface area contributed by atoms with E-state index < -0.39 is 67.9 Å². The van der Waals surface area contributed by atoms with Gasteiger partial charge in [-0.2, -0.15) is 26.9 Å². The van der Waals surface area contributed by atoms with Gasteiger partial charge in [0, 0.05) is 12.0 Å². The van der Waals surface area contributed by atoms with E-state index in [0.717, 1.165) is 6.07 Å². The molecule has 5 atom stereocenters. The Morgan fingerprint density at radius 3 is 2.33 bits per heavy atom. The van der Waals surface area contributed by atoms with Crippen LogP contribution in [-0.2, 0) is 26.1 Å². The monoisotopic (exact) mass is 562 g/mol. The number of nitriles is 1. The van der Waals surface area contributed by atoms with Crippen molar-refractivity contribution in [3.63, 3.8) is 0 Å². The summed E-state index contributed by atoms with van der Waals surface area (Å²) in [5, 5.41) is 42.9. The van der Waals surface area contributed by atoms with Gasteiger partial charge in [0.15, 0.2) is 17.0 Å². The number of carboxylic acids is 1. The Morgan fingerprint density at radius 1 is 1.13 bits per heavy atom. The molecule has 1 aromatic heterocycles. The molecule has 2 heterocycles. The van der Waals surface area contributed by atoms with Crippen molar-refractivity contribution in [1.82, 2.24) is 4.98 Å². The van der Waals surface area contributed by atoms with Crippen molar-refractivity contribution >= 4 is 16.1 Å². The highest BCUT2D eigenvalue weighted by molar-refractivity contribution is 7.88. The standard InChI is InChI=1S/C25H17F3N2O8S/c26-25(27,28)39(35,36)38-16-10-17-20(30-12-16)23(34)21(31)18(22(32)33)19(14-4-2-1-3-5-14)24(23,37-17)15-8-6-13(11-29)7-9-15/h1-10,12,18-19,21,31,34H,(H,32,33)/t18-,19-,21-,23?,24+/m1/s1. The number of halogens is 3. The number of benzene rings is 2. The van der Waals surface area contributed by atoms with Gasteiger partial charge in [0.2, 0.25) is 0 Å². The Balaban J connectivity index is 1.76. The fraction of sp³-hybridized carbons (Fsp3) is 0.240. The summed E-state index contributed by atoms with van der Waals surface area (Å²) in [5.41, 5.74) is -10.3. The lowest BCUT2D eigenvalue weighted by atomic mass is 9.71. The van der Waals surface area contributed by atoms with Gasteiger partial charge in [-0.1, -0.05) is 42.5 Å². The van der Waals surface area contributed by atoms with Crippen LogP contribution in [0.5, 0.6) is 11.5 Å². The van der Waals surface area contributed by atoms with Crippen LogP contribution in [0.25, 0.3) is 0 Å². The number of nitrogens with zero attached hydrogens (tertiary/aromatic N) is 2. The molecule has 1 saturated carbocycles. The zero-order valence-corrected chi connectivity index (χ0v) is 20.2. The average Bonchev–Trinajstić information content (AvgIpc) is 3.26. The number of hydrogen-bond donors (Lipinski definition) is 3. The van der Waals surface area contributed by atoms with Crippen LogP contribution in [0, 0.1) is 17.2 Å². The topological polar surface area (TPSA) is 167 Å². The van der Waals surface area contributed by atoms with E-state index in [1.165, 1.54) is 24.3 Å². The Labute approximate surface area is 218 Å². The number of aliphatic carboxylic acids is 1. The molecule has 0 bridgehead atoms. The molecule has 1 unspecified atom stereocenters. The average molecular weight is 562 g/mol. The second-order valence-corrected chi connectivity index (χ2v) is 10.5. The molecule has 1 aliphatic carbocycles. The van der Waals surface area contributed by atoms with Crippen LogP contribution in [0.15, 0.2) is 66.9 Å². The van der Waals surface area contributed by atoms with Crippen molar-refractivity contribution in [2.75, 3.05) is 0 Å². The first-order valence-electron chi connectivity index (χ1n) is 11.2. The van der Waals surface area contributed by atoms with E-state index >= 15 is 0 Å². The molecule has 10 nitrogen and oxygen atoms in total. The minimum atomic E-state index is -6.08. The molecule has 3 N–H and O–H groups in total. The maximum absolute atomic E-state index is 12.9. The molecular weight excluding hydrogens is 545 g/mol. The zero-order valence-electron chi connectivity index (χ0n) is 19.4. The quantitative estimate of drug-likeness (QED) is 0.311. The van der Waals surface area contributed by atoms with Gasteiger partial charge in [-0.3, -0.25) is 9.78 Å². The molecule has 0 saturated heterocycles. The van der Waals surface area contributed by atoms with E-state index in [0.29, 0.717) is 11.8 Å². The number of aromatic nitrogens is 1. The van der Waals surface area contributed by atoms with Gasteiger partial charge in [0.25, 0.3) is 0 Å². The highest BCUT2D eigenvalue weighted by Gasteiger charge is 2.78. The molecule has 202 valence electrons. The number of rotatable bonds is 5. The van der Waals surface area contributed by atoms with E-state index in [9.17, 15) is 47.0 Å². The largest absolute Gasteiger partial charge is 0.534 e. The molecule has 2 aromatic carbocycles. The molecule has 2 aliphatic rings. The summed E-state index contributed by atoms with van der Waals surface area (Å²) in [6.45, 7) is 0. The lowest BCUT2D eigenvalue weighted by molar-refractivity contribution is -0.160. The van der Waals surface area contributed by atoms with Crippen LogP contribution in [0.3, 0.4) is 0 Å². The lowest BCUT2D eigenvalue weighted by Crippen LogP contribution is -2.52. The predicted molar refractivity (Wildman–Crippen MR) is 124 cm³/mol. The fourth-order valence-corrected chi connectivity index (χ4v) is 5.86. The van der Waals surface area contributed by atoms with Crippen LogP contribution in [0.4, 0.5) is 13.2 Å². The van der Waals surface area contributed by atoms with Gasteiger partial charge >= 0.3 is 21.6 Å². The predicted octanol–water partition coefficient (Wildman–Crippen LogP) is 2.52. The minimum absolute atomic E-state index is 0.115. The molecule has 0 amide bonds. The van der Waals surface area contributed by atoms with E-state index in [1.54, 1.807) is 30.3 Å². The molecular formula is C25H17F3N2O8S. The number of pyridine rings is 1. The number of aliphatic hydroxyl groups is 2. The summed E-state index contributed by atoms with van der Waals surface area (Å²) < 4.78 is 72.0. The maximum atomic E-state index is 12.9. The van der Waals surface area contributed by atoms with E-state index in [2.05, 4.69) is 9.17 Å². The molecule has 1 aliphatic heterocycles. The highest BCUT2D eigenvalue weighted by atomic mass is 32.2. The van der Waals surface area contributed by atoms with Gasteiger partial charge in [-0.05, 0) is 23.3 Å². The second kappa shape index (κ2) is 8.67.